The van der Waals surface area contributed by atoms with Gasteiger partial charge in [-0.1, -0.05) is 35.9 Å². The Morgan fingerprint density at radius 3 is 2.60 bits per heavy atom. The second-order valence-electron chi connectivity index (χ2n) is 5.21. The van der Waals surface area contributed by atoms with Crippen molar-refractivity contribution in [3.8, 4) is 11.4 Å². The number of benzene rings is 2. The van der Waals surface area contributed by atoms with E-state index in [-0.39, 0.29) is 0 Å². The van der Waals surface area contributed by atoms with Crippen molar-refractivity contribution in [1.29, 1.82) is 0 Å². The average Bonchev–Trinajstić information content (AvgIpc) is 3.00. The molecule has 1 heterocycles. The quantitative estimate of drug-likeness (QED) is 0.740. The van der Waals surface area contributed by atoms with Crippen LogP contribution in [0.15, 0.2) is 53.9 Å². The van der Waals surface area contributed by atoms with Crippen molar-refractivity contribution in [2.24, 2.45) is 7.05 Å². The van der Waals surface area contributed by atoms with Gasteiger partial charge in [0.1, 0.15) is 0 Å². The third kappa shape index (κ3) is 4.43. The van der Waals surface area contributed by atoms with Crippen LogP contribution in [0.5, 0.6) is 0 Å². The topological polar surface area (TPSA) is 89.8 Å². The summed E-state index contributed by atoms with van der Waals surface area (Å²) >= 11 is 5.81. The molecule has 0 aliphatic heterocycles. The van der Waals surface area contributed by atoms with Gasteiger partial charge in [-0.3, -0.25) is 4.72 Å². The molecule has 0 fully saturated rings. The highest BCUT2D eigenvalue weighted by Gasteiger charge is 2.09. The summed E-state index contributed by atoms with van der Waals surface area (Å²) in [6.45, 7) is 0. The van der Waals surface area contributed by atoms with Crippen molar-refractivity contribution in [3.63, 3.8) is 0 Å². The van der Waals surface area contributed by atoms with Gasteiger partial charge in [-0.05, 0) is 46.3 Å². The molecule has 0 unspecified atom stereocenters. The first kappa shape index (κ1) is 17.1. The molecule has 0 bridgehead atoms. The summed E-state index contributed by atoms with van der Waals surface area (Å²) in [5, 5.41) is 12.9. The summed E-state index contributed by atoms with van der Waals surface area (Å²) in [5.74, 6) is 0.540. The molecule has 9 heteroatoms. The molecule has 1 aromatic heterocycles. The zero-order chi connectivity index (χ0) is 17.9. The Kier molecular flexibility index (Phi) is 4.82. The van der Waals surface area contributed by atoms with Crippen LogP contribution in [0.2, 0.25) is 5.02 Å². The van der Waals surface area contributed by atoms with E-state index >= 15 is 0 Å². The summed E-state index contributed by atoms with van der Waals surface area (Å²) in [7, 11) is -1.95. The van der Waals surface area contributed by atoms with Crippen molar-refractivity contribution < 1.29 is 8.42 Å². The number of nitrogens with zero attached hydrogens (tertiary/aromatic N) is 4. The number of aromatic nitrogens is 4. The minimum Gasteiger partial charge on any atom is -0.280 e. The molecule has 0 aliphatic carbocycles. The normalized spacial score (nSPS) is 11.8. The van der Waals surface area contributed by atoms with E-state index in [1.165, 1.54) is 10.8 Å². The van der Waals surface area contributed by atoms with Crippen LogP contribution >= 0.6 is 11.6 Å². The van der Waals surface area contributed by atoms with Gasteiger partial charge in [0, 0.05) is 23.3 Å². The third-order valence-corrected chi connectivity index (χ3v) is 4.58. The van der Waals surface area contributed by atoms with E-state index in [0.717, 1.165) is 11.0 Å². The minimum absolute atomic E-state index is 0.418. The highest BCUT2D eigenvalue weighted by atomic mass is 35.5. The molecule has 7 nitrogen and oxygen atoms in total. The monoisotopic (exact) mass is 375 g/mol. The van der Waals surface area contributed by atoms with E-state index in [4.69, 9.17) is 11.6 Å². The van der Waals surface area contributed by atoms with Gasteiger partial charge in [-0.15, -0.1) is 5.10 Å². The molecule has 25 heavy (non-hydrogen) atoms. The van der Waals surface area contributed by atoms with Crippen LogP contribution in [0.1, 0.15) is 5.56 Å². The summed E-state index contributed by atoms with van der Waals surface area (Å²) in [4.78, 5) is 0. The number of hydrogen-bond acceptors (Lipinski definition) is 5. The van der Waals surface area contributed by atoms with Crippen molar-refractivity contribution in [3.05, 3.63) is 64.5 Å². The van der Waals surface area contributed by atoms with Crippen LogP contribution in [0, 0.1) is 0 Å². The molecule has 0 saturated heterocycles. The smallest absolute Gasteiger partial charge is 0.255 e. The Bertz CT molecular complexity index is 1010. The van der Waals surface area contributed by atoms with Gasteiger partial charge < -0.3 is 0 Å². The van der Waals surface area contributed by atoms with Gasteiger partial charge in [-0.2, -0.15) is 0 Å². The number of aryl methyl sites for hydroxylation is 1. The Morgan fingerprint density at radius 2 is 1.92 bits per heavy atom. The number of hydrogen-bond donors (Lipinski definition) is 1. The van der Waals surface area contributed by atoms with E-state index in [1.54, 1.807) is 55.6 Å². The lowest BCUT2D eigenvalue weighted by Gasteiger charge is -2.06. The van der Waals surface area contributed by atoms with Gasteiger partial charge in [0.25, 0.3) is 10.0 Å². The average molecular weight is 376 g/mol. The van der Waals surface area contributed by atoms with Gasteiger partial charge >= 0.3 is 0 Å². The van der Waals surface area contributed by atoms with Crippen LogP contribution in [0.4, 0.5) is 5.69 Å². The second kappa shape index (κ2) is 7.04. The number of rotatable bonds is 5. The van der Waals surface area contributed by atoms with Crippen molar-refractivity contribution in [1.82, 2.24) is 20.2 Å². The fourth-order valence-electron chi connectivity index (χ4n) is 2.14. The van der Waals surface area contributed by atoms with E-state index in [9.17, 15) is 8.42 Å². The molecule has 3 aromatic rings. The van der Waals surface area contributed by atoms with Gasteiger partial charge in [0.2, 0.25) is 0 Å². The fraction of sp³-hybridized carbons (Fsp3) is 0.0625. The molecule has 128 valence electrons. The molecule has 0 spiro atoms. The lowest BCUT2D eigenvalue weighted by Crippen LogP contribution is -2.09. The van der Waals surface area contributed by atoms with E-state index in [0.29, 0.717) is 22.1 Å². The van der Waals surface area contributed by atoms with E-state index in [2.05, 4.69) is 20.2 Å². The Hall–Kier alpha value is -2.71. The zero-order valence-corrected chi connectivity index (χ0v) is 14.7. The van der Waals surface area contributed by atoms with Gasteiger partial charge in [0.15, 0.2) is 5.82 Å². The lowest BCUT2D eigenvalue weighted by atomic mass is 10.2. The number of nitrogens with one attached hydrogen (secondary N) is 1. The van der Waals surface area contributed by atoms with Crippen LogP contribution < -0.4 is 4.72 Å². The first-order chi connectivity index (χ1) is 11.9. The highest BCUT2D eigenvalue weighted by Crippen LogP contribution is 2.20. The van der Waals surface area contributed by atoms with Crippen LogP contribution in [0.3, 0.4) is 0 Å². The highest BCUT2D eigenvalue weighted by molar-refractivity contribution is 7.95. The Labute approximate surface area is 150 Å². The molecule has 0 atom stereocenters. The van der Waals surface area contributed by atoms with Crippen LogP contribution in [0.25, 0.3) is 17.5 Å². The first-order valence-electron chi connectivity index (χ1n) is 7.22. The maximum Gasteiger partial charge on any atom is 0.255 e. The lowest BCUT2D eigenvalue weighted by molar-refractivity contribution is 0.609. The standard InChI is InChI=1S/C16H14ClN5O2S/c1-22-16(18-20-21-22)13-3-2-4-15(11-13)19-25(23,24)10-9-12-5-7-14(17)8-6-12/h2-11,19H,1H3/b10-9+. The summed E-state index contributed by atoms with van der Waals surface area (Å²) < 4.78 is 28.5. The molecular formula is C16H14ClN5O2S. The predicted molar refractivity (Wildman–Crippen MR) is 97.3 cm³/mol. The maximum absolute atomic E-state index is 12.2. The Morgan fingerprint density at radius 1 is 1.16 bits per heavy atom. The van der Waals surface area contributed by atoms with Crippen molar-refractivity contribution in [2.45, 2.75) is 0 Å². The fourth-order valence-corrected chi connectivity index (χ4v) is 3.12. The second-order valence-corrected chi connectivity index (χ2v) is 7.21. The van der Waals surface area contributed by atoms with Gasteiger partial charge in [-0.25, -0.2) is 13.1 Å². The molecule has 2 aromatic carbocycles. The van der Waals surface area contributed by atoms with Crippen LogP contribution in [-0.4, -0.2) is 28.6 Å². The van der Waals surface area contributed by atoms with Crippen LogP contribution in [-0.2, 0) is 17.1 Å². The SMILES string of the molecule is Cn1nnnc1-c1cccc(NS(=O)(=O)/C=C/c2ccc(Cl)cc2)c1. The largest absolute Gasteiger partial charge is 0.280 e. The zero-order valence-electron chi connectivity index (χ0n) is 13.2. The van der Waals surface area contributed by atoms with E-state index in [1.807, 2.05) is 0 Å². The van der Waals surface area contributed by atoms with Crippen molar-refractivity contribution >= 4 is 33.4 Å². The number of sulfonamides is 1. The summed E-state index contributed by atoms with van der Waals surface area (Å²) in [6, 6.07) is 13.7. The predicted octanol–water partition coefficient (Wildman–Crippen LogP) is 2.94. The Balaban J connectivity index is 1.79. The number of anilines is 1. The molecule has 1 N–H and O–H groups in total. The summed E-state index contributed by atoms with van der Waals surface area (Å²) in [5.41, 5.74) is 1.85. The first-order valence-corrected chi connectivity index (χ1v) is 9.15. The van der Waals surface area contributed by atoms with E-state index < -0.39 is 10.0 Å². The van der Waals surface area contributed by atoms with Gasteiger partial charge in [0.05, 0.1) is 5.41 Å². The molecule has 3 rings (SSSR count). The number of tetrazole rings is 1. The summed E-state index contributed by atoms with van der Waals surface area (Å²) in [6.07, 6.45) is 1.50. The molecular weight excluding hydrogens is 362 g/mol. The minimum atomic E-state index is -3.66. The van der Waals surface area contributed by atoms with Crippen molar-refractivity contribution in [2.75, 3.05) is 4.72 Å². The third-order valence-electron chi connectivity index (χ3n) is 3.31. The molecule has 0 aliphatic rings. The molecule has 0 radical (unpaired) electrons. The maximum atomic E-state index is 12.2. The number of halogens is 1. The molecule has 0 saturated carbocycles. The molecule has 0 amide bonds.